The highest BCUT2D eigenvalue weighted by molar-refractivity contribution is 6.42. The number of carbonyl (C=O) groups excluding carboxylic acids is 1. The molecule has 0 radical (unpaired) electrons. The highest BCUT2D eigenvalue weighted by Gasteiger charge is 2.27. The van der Waals surface area contributed by atoms with Gasteiger partial charge in [0, 0.05) is 24.2 Å². The van der Waals surface area contributed by atoms with Crippen LogP contribution >= 0.6 is 23.2 Å². The first-order chi connectivity index (χ1) is 18.2. The van der Waals surface area contributed by atoms with Gasteiger partial charge >= 0.3 is 0 Å². The summed E-state index contributed by atoms with van der Waals surface area (Å²) in [5.74, 6) is 0.176. The molecule has 0 atom stereocenters. The third-order valence-electron chi connectivity index (χ3n) is 5.83. The highest BCUT2D eigenvalue weighted by Crippen LogP contribution is 2.25. The van der Waals surface area contributed by atoms with Gasteiger partial charge in [0.05, 0.1) is 28.0 Å². The highest BCUT2D eigenvalue weighted by atomic mass is 35.5. The maximum Gasteiger partial charge on any atom is 0.263 e. The van der Waals surface area contributed by atoms with Gasteiger partial charge in [0.25, 0.3) is 11.5 Å². The number of hydrogen-bond donors (Lipinski definition) is 1. The van der Waals surface area contributed by atoms with E-state index >= 15 is 0 Å². The minimum atomic E-state index is -0.196. The zero-order valence-electron chi connectivity index (χ0n) is 22.2. The molecule has 38 heavy (non-hydrogen) atoms. The molecule has 1 aromatic heterocycles. The van der Waals surface area contributed by atoms with Gasteiger partial charge in [0.1, 0.15) is 0 Å². The number of halogens is 2. The number of benzene rings is 1. The minimum absolute atomic E-state index is 0.182. The van der Waals surface area contributed by atoms with Crippen LogP contribution in [0.25, 0.3) is 5.70 Å². The van der Waals surface area contributed by atoms with Crippen molar-refractivity contribution in [1.29, 1.82) is 0 Å². The van der Waals surface area contributed by atoms with Gasteiger partial charge in [-0.25, -0.2) is 9.55 Å². The fraction of sp³-hybridized carbons (Fsp3) is 0.233. The Bertz CT molecular complexity index is 1370. The fourth-order valence-electron chi connectivity index (χ4n) is 3.79. The summed E-state index contributed by atoms with van der Waals surface area (Å²) in [6.07, 6.45) is 9.47. The van der Waals surface area contributed by atoms with Crippen LogP contribution in [-0.2, 0) is 13.0 Å². The van der Waals surface area contributed by atoms with E-state index in [1.54, 1.807) is 35.3 Å². The molecule has 2 heterocycles. The van der Waals surface area contributed by atoms with Crippen molar-refractivity contribution in [2.75, 3.05) is 18.4 Å². The molecule has 8 heteroatoms. The summed E-state index contributed by atoms with van der Waals surface area (Å²) in [6.45, 7) is 20.6. The van der Waals surface area contributed by atoms with Crippen molar-refractivity contribution < 1.29 is 4.79 Å². The fourth-order valence-corrected chi connectivity index (χ4v) is 4.09. The molecular weight excluding hydrogens is 519 g/mol. The van der Waals surface area contributed by atoms with Crippen LogP contribution in [0.4, 0.5) is 5.95 Å². The number of aromatic nitrogens is 2. The molecule has 0 bridgehead atoms. The SMILES string of the molecule is C=C.C=C/C(=C\C)CNc1nc2c(c(=O)n1/C(C=C)=C/C=C(C)C)CCN(C(=O)c1ccc(Cl)c(Cl)c1)C2. The summed E-state index contributed by atoms with van der Waals surface area (Å²) < 4.78 is 1.54. The normalized spacial score (nSPS) is 13.0. The number of nitrogens with one attached hydrogen (secondary N) is 1. The van der Waals surface area contributed by atoms with Gasteiger partial charge in [-0.05, 0) is 63.1 Å². The molecule has 1 aromatic carbocycles. The number of rotatable bonds is 8. The van der Waals surface area contributed by atoms with Gasteiger partial charge in [0.2, 0.25) is 5.95 Å². The van der Waals surface area contributed by atoms with Crippen LogP contribution in [0.3, 0.4) is 0 Å². The predicted molar refractivity (Wildman–Crippen MR) is 161 cm³/mol. The van der Waals surface area contributed by atoms with Crippen molar-refractivity contribution in [3.05, 3.63) is 123 Å². The summed E-state index contributed by atoms with van der Waals surface area (Å²) in [6, 6.07) is 4.79. The van der Waals surface area contributed by atoms with Crippen LogP contribution in [0, 0.1) is 0 Å². The number of anilines is 1. The molecule has 1 aliphatic rings. The van der Waals surface area contributed by atoms with Crippen molar-refractivity contribution in [3.63, 3.8) is 0 Å². The molecule has 0 saturated carbocycles. The Hall–Kier alpha value is -3.61. The van der Waals surface area contributed by atoms with Crippen molar-refractivity contribution in [3.8, 4) is 0 Å². The second-order valence-electron chi connectivity index (χ2n) is 8.57. The van der Waals surface area contributed by atoms with E-state index in [1.165, 1.54) is 4.57 Å². The van der Waals surface area contributed by atoms with Gasteiger partial charge in [-0.1, -0.05) is 60.2 Å². The van der Waals surface area contributed by atoms with Gasteiger partial charge in [-0.2, -0.15) is 0 Å². The largest absolute Gasteiger partial charge is 0.351 e. The molecule has 2 aromatic rings. The van der Waals surface area contributed by atoms with Crippen LogP contribution in [0.2, 0.25) is 10.0 Å². The van der Waals surface area contributed by atoms with Gasteiger partial charge in [-0.15, -0.1) is 13.2 Å². The Morgan fingerprint density at radius 3 is 2.42 bits per heavy atom. The zero-order chi connectivity index (χ0) is 28.4. The van der Waals surface area contributed by atoms with E-state index in [9.17, 15) is 9.59 Å². The van der Waals surface area contributed by atoms with Crippen molar-refractivity contribution in [2.24, 2.45) is 0 Å². The second-order valence-corrected chi connectivity index (χ2v) is 9.38. The maximum absolute atomic E-state index is 13.7. The number of amides is 1. The Labute approximate surface area is 235 Å². The monoisotopic (exact) mass is 552 g/mol. The Balaban J connectivity index is 0.00000247. The quantitative estimate of drug-likeness (QED) is 0.280. The molecule has 1 aliphatic heterocycles. The van der Waals surface area contributed by atoms with E-state index < -0.39 is 0 Å². The first kappa shape index (κ1) is 30.6. The van der Waals surface area contributed by atoms with Crippen molar-refractivity contribution in [2.45, 2.75) is 33.7 Å². The molecule has 0 aliphatic carbocycles. The first-order valence-electron chi connectivity index (χ1n) is 12.1. The van der Waals surface area contributed by atoms with Gasteiger partial charge in [0.15, 0.2) is 0 Å². The van der Waals surface area contributed by atoms with Crippen molar-refractivity contribution in [1.82, 2.24) is 14.5 Å². The summed E-state index contributed by atoms with van der Waals surface area (Å²) >= 11 is 12.1. The molecule has 0 saturated heterocycles. The molecule has 0 fully saturated rings. The third kappa shape index (κ3) is 7.24. The average Bonchev–Trinajstić information content (AvgIpc) is 2.92. The number of hydrogen-bond acceptors (Lipinski definition) is 4. The van der Waals surface area contributed by atoms with E-state index in [1.807, 2.05) is 39.0 Å². The van der Waals surface area contributed by atoms with E-state index in [0.29, 0.717) is 58.0 Å². The molecule has 1 N–H and O–H groups in total. The van der Waals surface area contributed by atoms with Crippen LogP contribution < -0.4 is 10.9 Å². The third-order valence-corrected chi connectivity index (χ3v) is 6.57. The number of fused-ring (bicyclic) bond motifs is 1. The van der Waals surface area contributed by atoms with E-state index in [2.05, 4.69) is 31.6 Å². The van der Waals surface area contributed by atoms with Crippen molar-refractivity contribution >= 4 is 40.8 Å². The molecule has 3 rings (SSSR count). The Morgan fingerprint density at radius 2 is 1.84 bits per heavy atom. The van der Waals surface area contributed by atoms with Crippen LogP contribution in [-0.4, -0.2) is 33.4 Å². The summed E-state index contributed by atoms with van der Waals surface area (Å²) in [7, 11) is 0. The first-order valence-corrected chi connectivity index (χ1v) is 12.8. The standard InChI is InChI=1S/C28H30Cl2N4O2.C2H4/c1-6-19(7-2)16-31-28-32-25-17-33(26(35)20-10-12-23(29)24(30)15-20)14-13-22(25)27(36)34(28)21(8-3)11-9-18(4)5;1-2/h6-12,15H,1,3,13-14,16-17H2,2,4-5H3,(H,31,32);1-2H2/b19-7+,21-11+;. The molecule has 200 valence electrons. The second kappa shape index (κ2) is 14.4. The maximum atomic E-state index is 13.7. The van der Waals surface area contributed by atoms with Gasteiger partial charge < -0.3 is 10.2 Å². The number of carbonyl (C=O) groups is 1. The molecule has 6 nitrogen and oxygen atoms in total. The zero-order valence-corrected chi connectivity index (χ0v) is 23.7. The molecule has 0 unspecified atom stereocenters. The van der Waals surface area contributed by atoms with E-state index in [4.69, 9.17) is 28.2 Å². The Kier molecular flexibility index (Phi) is 11.6. The predicted octanol–water partition coefficient (Wildman–Crippen LogP) is 7.09. The lowest BCUT2D eigenvalue weighted by atomic mass is 10.0. The van der Waals surface area contributed by atoms with Crippen LogP contribution in [0.5, 0.6) is 0 Å². The molecule has 1 amide bonds. The Morgan fingerprint density at radius 1 is 1.13 bits per heavy atom. The summed E-state index contributed by atoms with van der Waals surface area (Å²) in [5, 5.41) is 3.96. The molecule has 0 spiro atoms. The smallest absolute Gasteiger partial charge is 0.263 e. The molecular formula is C30H34Cl2N4O2. The van der Waals surface area contributed by atoms with Crippen LogP contribution in [0.15, 0.2) is 90.8 Å². The summed E-state index contributed by atoms with van der Waals surface area (Å²) in [5.41, 5.74) is 4.04. The number of allylic oxidation sites excluding steroid dienone is 6. The lowest BCUT2D eigenvalue weighted by molar-refractivity contribution is 0.0731. The lowest BCUT2D eigenvalue weighted by Crippen LogP contribution is -2.41. The van der Waals surface area contributed by atoms with Crippen LogP contribution in [0.1, 0.15) is 42.4 Å². The number of nitrogens with zero attached hydrogens (tertiary/aromatic N) is 3. The van der Waals surface area contributed by atoms with E-state index in [0.717, 1.165) is 11.1 Å². The topological polar surface area (TPSA) is 67.2 Å². The summed E-state index contributed by atoms with van der Waals surface area (Å²) in [4.78, 5) is 33.3. The lowest BCUT2D eigenvalue weighted by Gasteiger charge is -2.29. The average molecular weight is 554 g/mol. The van der Waals surface area contributed by atoms with E-state index in [-0.39, 0.29) is 18.0 Å². The minimum Gasteiger partial charge on any atom is -0.351 e. The van der Waals surface area contributed by atoms with Gasteiger partial charge in [-0.3, -0.25) is 9.59 Å².